The number of carboxylic acids is 1. The number of rotatable bonds is 10. The van der Waals surface area contributed by atoms with Crippen LogP contribution in [0.5, 0.6) is 11.5 Å². The second kappa shape index (κ2) is 9.87. The van der Waals surface area contributed by atoms with Crippen LogP contribution >= 0.6 is 0 Å². The lowest BCUT2D eigenvalue weighted by molar-refractivity contribution is -0.131. The first-order valence-electron chi connectivity index (χ1n) is 7.95. The molecule has 0 heterocycles. The van der Waals surface area contributed by atoms with Gasteiger partial charge in [-0.25, -0.2) is 4.79 Å². The van der Waals surface area contributed by atoms with Gasteiger partial charge in [-0.1, -0.05) is 33.3 Å². The molecule has 22 heavy (non-hydrogen) atoms. The summed E-state index contributed by atoms with van der Waals surface area (Å²) in [6.07, 6.45) is 4.71. The van der Waals surface area contributed by atoms with Gasteiger partial charge in [-0.3, -0.25) is 0 Å². The molecule has 4 heteroatoms. The average Bonchev–Trinajstić information content (AvgIpc) is 2.50. The Kier molecular flexibility index (Phi) is 8.11. The zero-order valence-corrected chi connectivity index (χ0v) is 13.7. The van der Waals surface area contributed by atoms with Crippen molar-refractivity contribution in [2.24, 2.45) is 0 Å². The lowest BCUT2D eigenvalue weighted by Crippen LogP contribution is -2.02. The van der Waals surface area contributed by atoms with E-state index in [2.05, 4.69) is 6.92 Å². The lowest BCUT2D eigenvalue weighted by atomic mass is 10.0. The van der Waals surface area contributed by atoms with Crippen molar-refractivity contribution in [3.05, 3.63) is 29.8 Å². The molecular weight excluding hydrogens is 280 g/mol. The molecule has 1 rings (SSSR count). The van der Waals surface area contributed by atoms with Gasteiger partial charge in [0.1, 0.15) is 0 Å². The fraction of sp³-hybridized carbons (Fsp3) is 0.500. The monoisotopic (exact) mass is 306 g/mol. The van der Waals surface area contributed by atoms with Crippen LogP contribution in [0.2, 0.25) is 0 Å². The van der Waals surface area contributed by atoms with Crippen LogP contribution in [0, 0.1) is 0 Å². The van der Waals surface area contributed by atoms with E-state index in [4.69, 9.17) is 14.6 Å². The van der Waals surface area contributed by atoms with E-state index in [9.17, 15) is 4.79 Å². The molecule has 0 amide bonds. The summed E-state index contributed by atoms with van der Waals surface area (Å²) in [6.45, 7) is 7.37. The van der Waals surface area contributed by atoms with Crippen LogP contribution < -0.4 is 9.47 Å². The van der Waals surface area contributed by atoms with Crippen LogP contribution in [0.1, 0.15) is 52.0 Å². The summed E-state index contributed by atoms with van der Waals surface area (Å²) in [5.41, 5.74) is 1.68. The number of carbonyl (C=O) groups is 1. The summed E-state index contributed by atoms with van der Waals surface area (Å²) in [7, 11) is 0. The molecule has 0 saturated carbocycles. The van der Waals surface area contributed by atoms with Crippen LogP contribution in [-0.4, -0.2) is 24.3 Å². The fourth-order valence-corrected chi connectivity index (χ4v) is 2.08. The normalized spacial score (nSPS) is 11.3. The predicted octanol–water partition coefficient (Wildman–Crippen LogP) is 4.53. The maximum Gasteiger partial charge on any atom is 0.328 e. The first-order valence-corrected chi connectivity index (χ1v) is 7.95. The molecule has 4 nitrogen and oxygen atoms in total. The summed E-state index contributed by atoms with van der Waals surface area (Å²) >= 11 is 0. The molecule has 0 aromatic heterocycles. The third-order valence-electron chi connectivity index (χ3n) is 3.05. The van der Waals surface area contributed by atoms with Crippen molar-refractivity contribution in [2.45, 2.75) is 46.5 Å². The minimum absolute atomic E-state index is 0.609. The minimum Gasteiger partial charge on any atom is -0.490 e. The van der Waals surface area contributed by atoms with Crippen molar-refractivity contribution < 1.29 is 19.4 Å². The molecule has 0 aliphatic rings. The highest BCUT2D eigenvalue weighted by molar-refractivity contribution is 5.90. The molecule has 0 radical (unpaired) electrons. The highest BCUT2D eigenvalue weighted by atomic mass is 16.5. The number of ether oxygens (including phenoxy) is 2. The molecule has 0 bridgehead atoms. The zero-order chi connectivity index (χ0) is 16.4. The van der Waals surface area contributed by atoms with Gasteiger partial charge >= 0.3 is 5.97 Å². The SMILES string of the molecule is CCCOc1ccc(/C(=C/C(=O)O)CCC)cc1OCCC. The quantitative estimate of drug-likeness (QED) is 0.645. The van der Waals surface area contributed by atoms with E-state index in [1.807, 2.05) is 32.0 Å². The zero-order valence-electron chi connectivity index (χ0n) is 13.7. The Morgan fingerprint density at radius 1 is 1.05 bits per heavy atom. The number of carboxylic acid groups (broad SMARTS) is 1. The number of hydrogen-bond donors (Lipinski definition) is 1. The van der Waals surface area contributed by atoms with Gasteiger partial charge in [0.2, 0.25) is 0 Å². The van der Waals surface area contributed by atoms with Crippen LogP contribution in [0.25, 0.3) is 5.57 Å². The molecule has 0 fully saturated rings. The Morgan fingerprint density at radius 3 is 2.23 bits per heavy atom. The second-order valence-corrected chi connectivity index (χ2v) is 5.12. The topological polar surface area (TPSA) is 55.8 Å². The van der Waals surface area contributed by atoms with E-state index in [0.29, 0.717) is 31.1 Å². The maximum absolute atomic E-state index is 11.0. The summed E-state index contributed by atoms with van der Waals surface area (Å²) in [6, 6.07) is 5.64. The van der Waals surface area contributed by atoms with Crippen molar-refractivity contribution in [3.8, 4) is 11.5 Å². The third kappa shape index (κ3) is 5.80. The highest BCUT2D eigenvalue weighted by Crippen LogP contribution is 2.32. The first kappa shape index (κ1) is 18.1. The molecule has 1 aromatic rings. The van der Waals surface area contributed by atoms with E-state index in [1.54, 1.807) is 0 Å². The molecule has 1 N–H and O–H groups in total. The van der Waals surface area contributed by atoms with Crippen molar-refractivity contribution in [2.75, 3.05) is 13.2 Å². The average molecular weight is 306 g/mol. The Morgan fingerprint density at radius 2 is 1.68 bits per heavy atom. The largest absolute Gasteiger partial charge is 0.490 e. The van der Waals surface area contributed by atoms with Crippen LogP contribution in [-0.2, 0) is 4.79 Å². The minimum atomic E-state index is -0.925. The number of allylic oxidation sites excluding steroid dienone is 1. The van der Waals surface area contributed by atoms with Crippen LogP contribution in [0.15, 0.2) is 24.3 Å². The number of benzene rings is 1. The lowest BCUT2D eigenvalue weighted by Gasteiger charge is -2.14. The Bertz CT molecular complexity index is 506. The summed E-state index contributed by atoms with van der Waals surface area (Å²) in [4.78, 5) is 11.0. The molecule has 0 unspecified atom stereocenters. The smallest absolute Gasteiger partial charge is 0.328 e. The van der Waals surface area contributed by atoms with E-state index in [0.717, 1.165) is 30.4 Å². The van der Waals surface area contributed by atoms with Gasteiger partial charge in [0.15, 0.2) is 11.5 Å². The number of aliphatic carboxylic acids is 1. The van der Waals surface area contributed by atoms with E-state index in [-0.39, 0.29) is 0 Å². The maximum atomic E-state index is 11.0. The third-order valence-corrected chi connectivity index (χ3v) is 3.05. The summed E-state index contributed by atoms with van der Waals surface area (Å²) in [5.74, 6) is 0.469. The Hall–Kier alpha value is -1.97. The molecule has 122 valence electrons. The molecular formula is C18H26O4. The summed E-state index contributed by atoms with van der Waals surface area (Å²) in [5, 5.41) is 9.02. The first-order chi connectivity index (χ1) is 10.6. The van der Waals surface area contributed by atoms with E-state index < -0.39 is 5.97 Å². The van der Waals surface area contributed by atoms with Gasteiger partial charge in [-0.15, -0.1) is 0 Å². The standard InChI is InChI=1S/C18H26O4/c1-4-7-14(13-18(19)20)15-8-9-16(21-10-5-2)17(12-15)22-11-6-3/h8-9,12-13H,4-7,10-11H2,1-3H3,(H,19,20)/b14-13+. The molecule has 1 aromatic carbocycles. The molecule has 0 saturated heterocycles. The van der Waals surface area contributed by atoms with Gasteiger partial charge in [-0.2, -0.15) is 0 Å². The molecule has 0 aliphatic carbocycles. The van der Waals surface area contributed by atoms with Gasteiger partial charge in [-0.05, 0) is 42.5 Å². The van der Waals surface area contributed by atoms with Crippen molar-refractivity contribution in [1.29, 1.82) is 0 Å². The van der Waals surface area contributed by atoms with Gasteiger partial charge < -0.3 is 14.6 Å². The second-order valence-electron chi connectivity index (χ2n) is 5.12. The summed E-state index contributed by atoms with van der Waals surface area (Å²) < 4.78 is 11.5. The van der Waals surface area contributed by atoms with Crippen molar-refractivity contribution in [3.63, 3.8) is 0 Å². The van der Waals surface area contributed by atoms with Crippen molar-refractivity contribution in [1.82, 2.24) is 0 Å². The van der Waals surface area contributed by atoms with Gasteiger partial charge in [0, 0.05) is 6.08 Å². The molecule has 0 spiro atoms. The Balaban J connectivity index is 3.11. The highest BCUT2D eigenvalue weighted by Gasteiger charge is 2.10. The van der Waals surface area contributed by atoms with Gasteiger partial charge in [0.05, 0.1) is 13.2 Å². The molecule has 0 aliphatic heterocycles. The predicted molar refractivity (Wildman–Crippen MR) is 88.5 cm³/mol. The molecule has 0 atom stereocenters. The fourth-order valence-electron chi connectivity index (χ4n) is 2.08. The Labute approximate surface area is 132 Å². The van der Waals surface area contributed by atoms with Crippen LogP contribution in [0.3, 0.4) is 0 Å². The van der Waals surface area contributed by atoms with Crippen molar-refractivity contribution >= 4 is 11.5 Å². The van der Waals surface area contributed by atoms with Gasteiger partial charge in [0.25, 0.3) is 0 Å². The number of hydrogen-bond acceptors (Lipinski definition) is 3. The van der Waals surface area contributed by atoms with E-state index >= 15 is 0 Å². The van der Waals surface area contributed by atoms with Crippen LogP contribution in [0.4, 0.5) is 0 Å². The van der Waals surface area contributed by atoms with E-state index in [1.165, 1.54) is 6.08 Å².